The van der Waals surface area contributed by atoms with Gasteiger partial charge in [0.25, 0.3) is 5.91 Å². The van der Waals surface area contributed by atoms with Crippen molar-refractivity contribution in [1.82, 2.24) is 9.13 Å². The highest BCUT2D eigenvalue weighted by molar-refractivity contribution is 7.92. The van der Waals surface area contributed by atoms with E-state index in [0.29, 0.717) is 28.0 Å². The van der Waals surface area contributed by atoms with Crippen LogP contribution in [0, 0.1) is 5.82 Å². The normalized spacial score (nSPS) is 11.5. The van der Waals surface area contributed by atoms with Crippen LogP contribution in [0.2, 0.25) is 0 Å². The molecule has 0 bridgehead atoms. The molecule has 8 nitrogen and oxygen atoms in total. The lowest BCUT2D eigenvalue weighted by atomic mass is 10.1. The summed E-state index contributed by atoms with van der Waals surface area (Å²) in [5, 5.41) is 2.80. The molecule has 4 aromatic rings. The highest BCUT2D eigenvalue weighted by Crippen LogP contribution is 2.23. The molecule has 4 rings (SSSR count). The number of aryl methyl sites for hydroxylation is 2. The van der Waals surface area contributed by atoms with Crippen molar-refractivity contribution < 1.29 is 17.6 Å². The van der Waals surface area contributed by atoms with Gasteiger partial charge in [-0.25, -0.2) is 17.6 Å². The van der Waals surface area contributed by atoms with E-state index in [-0.39, 0.29) is 18.1 Å². The fourth-order valence-corrected chi connectivity index (χ4v) is 4.61. The van der Waals surface area contributed by atoms with Gasteiger partial charge < -0.3 is 5.32 Å². The molecule has 1 heterocycles. The number of sulfonamides is 1. The predicted octanol–water partition coefficient (Wildman–Crippen LogP) is 3.23. The van der Waals surface area contributed by atoms with Crippen LogP contribution >= 0.6 is 0 Å². The maximum atomic E-state index is 13.2. The first-order valence-electron chi connectivity index (χ1n) is 10.3. The lowest BCUT2D eigenvalue weighted by Crippen LogP contribution is -2.29. The van der Waals surface area contributed by atoms with Gasteiger partial charge in [-0.05, 0) is 60.2 Å². The Morgan fingerprint density at radius 3 is 2.18 bits per heavy atom. The fourth-order valence-electron chi connectivity index (χ4n) is 3.72. The smallest absolute Gasteiger partial charge is 0.322 e. The molecule has 34 heavy (non-hydrogen) atoms. The zero-order valence-electron chi connectivity index (χ0n) is 18.8. The zero-order chi connectivity index (χ0) is 24.6. The molecule has 1 N–H and O–H groups in total. The average Bonchev–Trinajstić information content (AvgIpc) is 3.01. The van der Waals surface area contributed by atoms with Crippen LogP contribution in [0.4, 0.5) is 15.8 Å². The van der Waals surface area contributed by atoms with E-state index in [0.717, 1.165) is 11.8 Å². The molecule has 1 aromatic heterocycles. The van der Waals surface area contributed by atoms with E-state index in [2.05, 4.69) is 5.32 Å². The van der Waals surface area contributed by atoms with Gasteiger partial charge in [0, 0.05) is 25.3 Å². The molecule has 0 saturated heterocycles. The summed E-state index contributed by atoms with van der Waals surface area (Å²) >= 11 is 0. The van der Waals surface area contributed by atoms with Gasteiger partial charge in [-0.3, -0.25) is 18.2 Å². The Bertz CT molecular complexity index is 1540. The quantitative estimate of drug-likeness (QED) is 0.457. The number of fused-ring (bicyclic) bond motifs is 1. The van der Waals surface area contributed by atoms with Gasteiger partial charge >= 0.3 is 5.69 Å². The van der Waals surface area contributed by atoms with Crippen LogP contribution in [-0.2, 0) is 30.7 Å². The molecule has 0 fully saturated rings. The number of hydrogen-bond acceptors (Lipinski definition) is 4. The van der Waals surface area contributed by atoms with Crippen LogP contribution in [-0.4, -0.2) is 29.7 Å². The molecule has 0 aliphatic rings. The maximum absolute atomic E-state index is 13.2. The second-order valence-electron chi connectivity index (χ2n) is 8.00. The molecular formula is C24H23FN4O4S. The van der Waals surface area contributed by atoms with Crippen molar-refractivity contribution in [3.8, 4) is 0 Å². The topological polar surface area (TPSA) is 93.4 Å². The number of halogens is 1. The number of carbonyl (C=O) groups is 1. The number of aromatic nitrogens is 2. The number of nitrogens with zero attached hydrogens (tertiary/aromatic N) is 3. The molecule has 0 aliphatic heterocycles. The van der Waals surface area contributed by atoms with E-state index in [9.17, 15) is 22.4 Å². The van der Waals surface area contributed by atoms with Crippen molar-refractivity contribution in [2.75, 3.05) is 15.9 Å². The summed E-state index contributed by atoms with van der Waals surface area (Å²) in [4.78, 5) is 24.9. The van der Waals surface area contributed by atoms with Crippen LogP contribution in [0.3, 0.4) is 0 Å². The Morgan fingerprint density at radius 1 is 0.941 bits per heavy atom. The molecular weight excluding hydrogens is 459 g/mol. The van der Waals surface area contributed by atoms with Crippen molar-refractivity contribution in [3.63, 3.8) is 0 Å². The third kappa shape index (κ3) is 4.58. The number of nitrogens with one attached hydrogen (secondary N) is 1. The summed E-state index contributed by atoms with van der Waals surface area (Å²) in [5.74, 6) is -0.782. The first kappa shape index (κ1) is 23.2. The lowest BCUT2D eigenvalue weighted by molar-refractivity contribution is 0.102. The van der Waals surface area contributed by atoms with E-state index in [4.69, 9.17) is 0 Å². The highest BCUT2D eigenvalue weighted by atomic mass is 32.2. The molecule has 0 aliphatic carbocycles. The first-order chi connectivity index (χ1) is 16.0. The zero-order valence-corrected chi connectivity index (χ0v) is 19.6. The second kappa shape index (κ2) is 8.79. The summed E-state index contributed by atoms with van der Waals surface area (Å²) in [6.45, 7) is 0.0282. The molecule has 0 saturated carbocycles. The summed E-state index contributed by atoms with van der Waals surface area (Å²) < 4.78 is 42.1. The molecule has 0 spiro atoms. The van der Waals surface area contributed by atoms with Gasteiger partial charge in [-0.15, -0.1) is 0 Å². The van der Waals surface area contributed by atoms with Crippen molar-refractivity contribution in [2.45, 2.75) is 6.54 Å². The fraction of sp³-hybridized carbons (Fsp3) is 0.167. The van der Waals surface area contributed by atoms with Crippen LogP contribution in [0.5, 0.6) is 0 Å². The third-order valence-electron chi connectivity index (χ3n) is 5.59. The maximum Gasteiger partial charge on any atom is 0.328 e. The number of carbonyl (C=O) groups excluding carboxylic acids is 1. The Morgan fingerprint density at radius 2 is 1.56 bits per heavy atom. The molecule has 1 amide bonds. The van der Waals surface area contributed by atoms with Gasteiger partial charge in [0.2, 0.25) is 10.0 Å². The van der Waals surface area contributed by atoms with Gasteiger partial charge in [0.15, 0.2) is 0 Å². The molecule has 0 unspecified atom stereocenters. The minimum absolute atomic E-state index is 0.0282. The number of imidazole rings is 1. The van der Waals surface area contributed by atoms with Gasteiger partial charge in [-0.1, -0.05) is 12.1 Å². The summed E-state index contributed by atoms with van der Waals surface area (Å²) in [6.07, 6.45) is 1.09. The van der Waals surface area contributed by atoms with E-state index in [1.807, 2.05) is 0 Å². The number of anilines is 2. The van der Waals surface area contributed by atoms with Gasteiger partial charge in [-0.2, -0.15) is 0 Å². The van der Waals surface area contributed by atoms with E-state index < -0.39 is 15.8 Å². The Balaban J connectivity index is 1.55. The van der Waals surface area contributed by atoms with Crippen molar-refractivity contribution in [3.05, 3.63) is 94.2 Å². The number of rotatable bonds is 6. The SMILES string of the molecule is Cn1c(=O)n(C)c2cc(NC(=O)c3ccc(N(Cc4ccc(F)cc4)S(C)(=O)=O)cc3)ccc21. The minimum atomic E-state index is -3.63. The lowest BCUT2D eigenvalue weighted by Gasteiger charge is -2.22. The summed E-state index contributed by atoms with van der Waals surface area (Å²) in [5.41, 5.74) is 3.13. The first-order valence-corrected chi connectivity index (χ1v) is 12.2. The van der Waals surface area contributed by atoms with E-state index in [1.54, 1.807) is 44.4 Å². The Kier molecular flexibility index (Phi) is 6.01. The molecule has 0 atom stereocenters. The molecule has 10 heteroatoms. The Labute approximate surface area is 195 Å². The number of benzene rings is 3. The van der Waals surface area contributed by atoms with E-state index >= 15 is 0 Å². The van der Waals surface area contributed by atoms with Crippen LogP contribution in [0.25, 0.3) is 11.0 Å². The Hall–Kier alpha value is -3.92. The van der Waals surface area contributed by atoms with Gasteiger partial charge in [0.1, 0.15) is 5.82 Å². The van der Waals surface area contributed by atoms with Crippen LogP contribution < -0.4 is 15.3 Å². The standard InChI is InChI=1S/C24H23FN4O4S/c1-27-21-13-10-19(14-22(21)28(2)24(27)31)26-23(30)17-6-11-20(12-7-17)29(34(3,32)33)15-16-4-8-18(25)9-5-16/h4-14H,15H2,1-3H3,(H,26,30). The van der Waals surface area contributed by atoms with Gasteiger partial charge in [0.05, 0.1) is 29.5 Å². The van der Waals surface area contributed by atoms with Crippen molar-refractivity contribution in [1.29, 1.82) is 0 Å². The number of amides is 1. The average molecular weight is 483 g/mol. The predicted molar refractivity (Wildman–Crippen MR) is 130 cm³/mol. The van der Waals surface area contributed by atoms with Crippen molar-refractivity contribution >= 4 is 38.3 Å². The second-order valence-corrected chi connectivity index (χ2v) is 9.91. The minimum Gasteiger partial charge on any atom is -0.322 e. The summed E-state index contributed by atoms with van der Waals surface area (Å²) in [6, 6.07) is 16.9. The number of hydrogen-bond donors (Lipinski definition) is 1. The largest absolute Gasteiger partial charge is 0.328 e. The molecule has 176 valence electrons. The van der Waals surface area contributed by atoms with Crippen LogP contribution in [0.15, 0.2) is 71.5 Å². The monoisotopic (exact) mass is 482 g/mol. The highest BCUT2D eigenvalue weighted by Gasteiger charge is 2.19. The van der Waals surface area contributed by atoms with Crippen molar-refractivity contribution in [2.24, 2.45) is 14.1 Å². The summed E-state index contributed by atoms with van der Waals surface area (Å²) in [7, 11) is -0.283. The van der Waals surface area contributed by atoms with E-state index in [1.165, 1.54) is 49.8 Å². The third-order valence-corrected chi connectivity index (χ3v) is 6.73. The molecule has 0 radical (unpaired) electrons. The molecule has 3 aromatic carbocycles. The van der Waals surface area contributed by atoms with Crippen LogP contribution in [0.1, 0.15) is 15.9 Å².